The molecule has 0 spiro atoms. The first-order valence-corrected chi connectivity index (χ1v) is 6.81. The zero-order valence-electron chi connectivity index (χ0n) is 12.3. The van der Waals surface area contributed by atoms with Gasteiger partial charge in [0.05, 0.1) is 5.69 Å². The first kappa shape index (κ1) is 13.8. The maximum Gasteiger partial charge on any atom is 0.0628 e. The lowest BCUT2D eigenvalue weighted by molar-refractivity contribution is 0.644. The van der Waals surface area contributed by atoms with Gasteiger partial charge < -0.3 is 5.73 Å². The largest absolute Gasteiger partial charge is 0.324 e. The molecule has 0 aliphatic carbocycles. The Kier molecular flexibility index (Phi) is 4.05. The van der Waals surface area contributed by atoms with Gasteiger partial charge in [-0.2, -0.15) is 5.10 Å². The van der Waals surface area contributed by atoms with E-state index in [9.17, 15) is 0 Å². The molecule has 102 valence electrons. The zero-order valence-corrected chi connectivity index (χ0v) is 12.3. The van der Waals surface area contributed by atoms with Gasteiger partial charge >= 0.3 is 0 Å². The molecule has 3 heteroatoms. The molecule has 19 heavy (non-hydrogen) atoms. The second kappa shape index (κ2) is 5.57. The number of hydrogen-bond donors (Lipinski definition) is 1. The highest BCUT2D eigenvalue weighted by molar-refractivity contribution is 5.29. The summed E-state index contributed by atoms with van der Waals surface area (Å²) >= 11 is 0. The molecule has 0 bridgehead atoms. The molecule has 2 aromatic rings. The van der Waals surface area contributed by atoms with Crippen LogP contribution < -0.4 is 5.73 Å². The SMILES string of the molecule is Cc1ccccc1C(N)CCc1c(C)nn(C)c1C. The summed E-state index contributed by atoms with van der Waals surface area (Å²) in [6, 6.07) is 8.46. The van der Waals surface area contributed by atoms with Crippen molar-refractivity contribution in [2.24, 2.45) is 12.8 Å². The lowest BCUT2D eigenvalue weighted by atomic mass is 9.96. The highest BCUT2D eigenvalue weighted by Gasteiger charge is 2.13. The molecule has 3 nitrogen and oxygen atoms in total. The van der Waals surface area contributed by atoms with Gasteiger partial charge in [0.2, 0.25) is 0 Å². The van der Waals surface area contributed by atoms with Crippen LogP contribution in [0.1, 0.15) is 40.5 Å². The molecule has 1 aromatic heterocycles. The third-order valence-electron chi connectivity index (χ3n) is 3.95. The van der Waals surface area contributed by atoms with Crippen molar-refractivity contribution in [3.63, 3.8) is 0 Å². The molecule has 1 unspecified atom stereocenters. The van der Waals surface area contributed by atoms with E-state index in [1.165, 1.54) is 22.4 Å². The average molecular weight is 257 g/mol. The normalized spacial score (nSPS) is 12.7. The molecule has 2 N–H and O–H groups in total. The van der Waals surface area contributed by atoms with Gasteiger partial charge in [0.1, 0.15) is 0 Å². The predicted octanol–water partition coefficient (Wildman–Crippen LogP) is 2.98. The number of benzene rings is 1. The monoisotopic (exact) mass is 257 g/mol. The minimum Gasteiger partial charge on any atom is -0.324 e. The fourth-order valence-corrected chi connectivity index (χ4v) is 2.64. The number of nitrogens with zero attached hydrogens (tertiary/aromatic N) is 2. The van der Waals surface area contributed by atoms with Crippen LogP contribution in [-0.4, -0.2) is 9.78 Å². The Labute approximate surface area is 115 Å². The molecule has 0 amide bonds. The van der Waals surface area contributed by atoms with Gasteiger partial charge in [0.15, 0.2) is 0 Å². The molecule has 0 saturated carbocycles. The zero-order chi connectivity index (χ0) is 14.0. The molecule has 1 heterocycles. The lowest BCUT2D eigenvalue weighted by Gasteiger charge is -2.14. The quantitative estimate of drug-likeness (QED) is 0.915. The molecule has 0 aliphatic heterocycles. The van der Waals surface area contributed by atoms with Crippen LogP contribution in [0.4, 0.5) is 0 Å². The standard InChI is InChI=1S/C16H23N3/c1-11-7-5-6-8-14(11)16(17)10-9-15-12(2)18-19(4)13(15)3/h5-8,16H,9-10,17H2,1-4H3. The number of aryl methyl sites for hydroxylation is 3. The maximum atomic E-state index is 6.32. The van der Waals surface area contributed by atoms with Gasteiger partial charge in [0, 0.05) is 18.8 Å². The first-order valence-electron chi connectivity index (χ1n) is 6.81. The summed E-state index contributed by atoms with van der Waals surface area (Å²) in [6.45, 7) is 6.31. The Morgan fingerprint density at radius 2 is 1.89 bits per heavy atom. The number of hydrogen-bond acceptors (Lipinski definition) is 2. The molecule has 1 aromatic carbocycles. The molecule has 0 saturated heterocycles. The molecular weight excluding hydrogens is 234 g/mol. The van der Waals surface area contributed by atoms with Crippen molar-refractivity contribution in [1.82, 2.24) is 9.78 Å². The van der Waals surface area contributed by atoms with E-state index in [4.69, 9.17) is 5.73 Å². The fourth-order valence-electron chi connectivity index (χ4n) is 2.64. The summed E-state index contributed by atoms with van der Waals surface area (Å²) in [5.74, 6) is 0. The Bertz CT molecular complexity index is 569. The van der Waals surface area contributed by atoms with E-state index in [2.05, 4.69) is 50.1 Å². The smallest absolute Gasteiger partial charge is 0.0628 e. The summed E-state index contributed by atoms with van der Waals surface area (Å²) in [4.78, 5) is 0. The summed E-state index contributed by atoms with van der Waals surface area (Å²) in [5, 5.41) is 4.45. The Morgan fingerprint density at radius 1 is 1.21 bits per heavy atom. The van der Waals surface area contributed by atoms with Crippen molar-refractivity contribution in [3.8, 4) is 0 Å². The first-order chi connectivity index (χ1) is 9.00. The van der Waals surface area contributed by atoms with Gasteiger partial charge in [-0.3, -0.25) is 4.68 Å². The molecule has 0 aliphatic rings. The molecule has 1 atom stereocenters. The molecular formula is C16H23N3. The van der Waals surface area contributed by atoms with Gasteiger partial charge in [-0.15, -0.1) is 0 Å². The van der Waals surface area contributed by atoms with E-state index in [1.54, 1.807) is 0 Å². The highest BCUT2D eigenvalue weighted by atomic mass is 15.3. The summed E-state index contributed by atoms with van der Waals surface area (Å²) in [7, 11) is 1.99. The van der Waals surface area contributed by atoms with Crippen LogP contribution in [0.3, 0.4) is 0 Å². The second-order valence-electron chi connectivity index (χ2n) is 5.27. The van der Waals surface area contributed by atoms with Crippen LogP contribution in [0.25, 0.3) is 0 Å². The third-order valence-corrected chi connectivity index (χ3v) is 3.95. The van der Waals surface area contributed by atoms with Crippen molar-refractivity contribution >= 4 is 0 Å². The van der Waals surface area contributed by atoms with E-state index in [1.807, 2.05) is 11.7 Å². The summed E-state index contributed by atoms with van der Waals surface area (Å²) in [6.07, 6.45) is 1.94. The molecule has 0 radical (unpaired) electrons. The third kappa shape index (κ3) is 2.87. The van der Waals surface area contributed by atoms with Crippen molar-refractivity contribution in [2.45, 2.75) is 39.7 Å². The van der Waals surface area contributed by atoms with E-state index in [0.717, 1.165) is 18.5 Å². The average Bonchev–Trinajstić information content (AvgIpc) is 2.61. The van der Waals surface area contributed by atoms with Crippen LogP contribution in [0, 0.1) is 20.8 Å². The van der Waals surface area contributed by atoms with Crippen LogP contribution >= 0.6 is 0 Å². The number of nitrogens with two attached hydrogens (primary N) is 1. The Balaban J connectivity index is 2.09. The molecule has 2 rings (SSSR count). The highest BCUT2D eigenvalue weighted by Crippen LogP contribution is 2.22. The van der Waals surface area contributed by atoms with Crippen LogP contribution in [0.2, 0.25) is 0 Å². The van der Waals surface area contributed by atoms with Crippen molar-refractivity contribution < 1.29 is 0 Å². The minimum absolute atomic E-state index is 0.0974. The molecule has 0 fully saturated rings. The van der Waals surface area contributed by atoms with Crippen LogP contribution in [0.5, 0.6) is 0 Å². The van der Waals surface area contributed by atoms with Gasteiger partial charge in [-0.05, 0) is 50.3 Å². The number of aromatic nitrogens is 2. The number of rotatable bonds is 4. The van der Waals surface area contributed by atoms with E-state index < -0.39 is 0 Å². The second-order valence-corrected chi connectivity index (χ2v) is 5.27. The summed E-state index contributed by atoms with van der Waals surface area (Å²) in [5.41, 5.74) is 12.6. The Morgan fingerprint density at radius 3 is 2.47 bits per heavy atom. The minimum atomic E-state index is 0.0974. The van der Waals surface area contributed by atoms with Gasteiger partial charge in [0.25, 0.3) is 0 Å². The fraction of sp³-hybridized carbons (Fsp3) is 0.438. The van der Waals surface area contributed by atoms with E-state index >= 15 is 0 Å². The van der Waals surface area contributed by atoms with Crippen molar-refractivity contribution in [1.29, 1.82) is 0 Å². The van der Waals surface area contributed by atoms with Crippen molar-refractivity contribution in [3.05, 3.63) is 52.3 Å². The lowest BCUT2D eigenvalue weighted by Crippen LogP contribution is -2.13. The Hall–Kier alpha value is -1.61. The van der Waals surface area contributed by atoms with Crippen LogP contribution in [-0.2, 0) is 13.5 Å². The van der Waals surface area contributed by atoms with Crippen molar-refractivity contribution in [2.75, 3.05) is 0 Å². The van der Waals surface area contributed by atoms with E-state index in [0.29, 0.717) is 0 Å². The van der Waals surface area contributed by atoms with Gasteiger partial charge in [-0.25, -0.2) is 0 Å². The maximum absolute atomic E-state index is 6.32. The van der Waals surface area contributed by atoms with Gasteiger partial charge in [-0.1, -0.05) is 24.3 Å². The predicted molar refractivity (Wildman–Crippen MR) is 79.1 cm³/mol. The van der Waals surface area contributed by atoms with E-state index in [-0.39, 0.29) is 6.04 Å². The summed E-state index contributed by atoms with van der Waals surface area (Å²) < 4.78 is 1.95. The topological polar surface area (TPSA) is 43.8 Å². The van der Waals surface area contributed by atoms with Crippen LogP contribution in [0.15, 0.2) is 24.3 Å².